The quantitative estimate of drug-likeness (QED) is 0.674. The molecule has 2 fully saturated rings. The van der Waals surface area contributed by atoms with E-state index in [1.165, 1.54) is 4.90 Å². The molecule has 1 aromatic carbocycles. The summed E-state index contributed by atoms with van der Waals surface area (Å²) < 4.78 is 0. The minimum Gasteiger partial charge on any atom is -0.311 e. The summed E-state index contributed by atoms with van der Waals surface area (Å²) in [4.78, 5) is 40.6. The Hall–Kier alpha value is -2.21. The Morgan fingerprint density at radius 1 is 1.25 bits per heavy atom. The molecular weight excluding hydrogens is 306 g/mol. The standard InChI is InChI=1S/C18H23N3O3/c1-18(15-10-6-7-11-19-15)16(23)21(17(24)20(18)2)12-14(22)13-8-4-3-5-9-13/h3-5,8-9,15,19H,6-7,10-12H2,1-2H3. The summed E-state index contributed by atoms with van der Waals surface area (Å²) in [5, 5.41) is 3.36. The van der Waals surface area contributed by atoms with Crippen LogP contribution in [-0.4, -0.2) is 59.2 Å². The third kappa shape index (κ3) is 2.60. The zero-order valence-corrected chi connectivity index (χ0v) is 14.1. The molecule has 0 aliphatic carbocycles. The van der Waals surface area contributed by atoms with Gasteiger partial charge in [-0.1, -0.05) is 36.8 Å². The lowest BCUT2D eigenvalue weighted by Crippen LogP contribution is -2.61. The zero-order valence-electron chi connectivity index (χ0n) is 14.1. The van der Waals surface area contributed by atoms with Gasteiger partial charge in [0.25, 0.3) is 5.91 Å². The van der Waals surface area contributed by atoms with Crippen molar-refractivity contribution in [2.45, 2.75) is 37.8 Å². The van der Waals surface area contributed by atoms with Crippen molar-refractivity contribution in [3.63, 3.8) is 0 Å². The SMILES string of the molecule is CN1C(=O)N(CC(=O)c2ccccc2)C(=O)C1(C)C1CCCCN1. The minimum atomic E-state index is -0.936. The first kappa shape index (κ1) is 16.6. The number of hydrogen-bond acceptors (Lipinski definition) is 4. The van der Waals surface area contributed by atoms with Crippen LogP contribution in [0.3, 0.4) is 0 Å². The molecule has 2 saturated heterocycles. The second-order valence-corrected chi connectivity index (χ2v) is 6.67. The molecule has 0 spiro atoms. The normalized spacial score (nSPS) is 27.7. The Morgan fingerprint density at radius 3 is 2.58 bits per heavy atom. The summed E-state index contributed by atoms with van der Waals surface area (Å²) in [6.07, 6.45) is 2.96. The van der Waals surface area contributed by atoms with Crippen LogP contribution in [0, 0.1) is 0 Å². The van der Waals surface area contributed by atoms with Gasteiger partial charge in [-0.15, -0.1) is 0 Å². The lowest BCUT2D eigenvalue weighted by Gasteiger charge is -2.39. The Labute approximate surface area is 141 Å². The highest BCUT2D eigenvalue weighted by Gasteiger charge is 2.57. The first-order chi connectivity index (χ1) is 11.5. The fourth-order valence-electron chi connectivity index (χ4n) is 3.60. The maximum Gasteiger partial charge on any atom is 0.327 e. The Bertz CT molecular complexity index is 655. The number of nitrogens with zero attached hydrogens (tertiary/aromatic N) is 2. The van der Waals surface area contributed by atoms with Gasteiger partial charge >= 0.3 is 6.03 Å². The number of ketones is 1. The van der Waals surface area contributed by atoms with Gasteiger partial charge < -0.3 is 10.2 Å². The van der Waals surface area contributed by atoms with Gasteiger partial charge in [0.15, 0.2) is 5.78 Å². The van der Waals surface area contributed by atoms with Crippen molar-refractivity contribution in [2.75, 3.05) is 20.1 Å². The molecule has 0 saturated carbocycles. The number of nitrogens with one attached hydrogen (secondary N) is 1. The van der Waals surface area contributed by atoms with Crippen molar-refractivity contribution in [3.8, 4) is 0 Å². The molecule has 1 N–H and O–H groups in total. The summed E-state index contributed by atoms with van der Waals surface area (Å²) in [7, 11) is 1.64. The minimum absolute atomic E-state index is 0.0791. The largest absolute Gasteiger partial charge is 0.327 e. The fraction of sp³-hybridized carbons (Fsp3) is 0.500. The summed E-state index contributed by atoms with van der Waals surface area (Å²) in [5.41, 5.74) is -0.431. The van der Waals surface area contributed by atoms with E-state index in [0.717, 1.165) is 30.7 Å². The highest BCUT2D eigenvalue weighted by atomic mass is 16.2. The van der Waals surface area contributed by atoms with Gasteiger partial charge in [0, 0.05) is 18.7 Å². The third-order valence-electron chi connectivity index (χ3n) is 5.28. The molecule has 1 aromatic rings. The second kappa shape index (κ2) is 6.36. The summed E-state index contributed by atoms with van der Waals surface area (Å²) in [6, 6.07) is 8.26. The van der Waals surface area contributed by atoms with Crippen LogP contribution in [-0.2, 0) is 4.79 Å². The van der Waals surface area contributed by atoms with Crippen LogP contribution in [0.5, 0.6) is 0 Å². The molecule has 3 amide bonds. The predicted molar refractivity (Wildman–Crippen MR) is 89.7 cm³/mol. The van der Waals surface area contributed by atoms with Crippen LogP contribution < -0.4 is 5.32 Å². The number of piperidine rings is 1. The van der Waals surface area contributed by atoms with E-state index in [4.69, 9.17) is 0 Å². The summed E-state index contributed by atoms with van der Waals surface area (Å²) in [5.74, 6) is -0.523. The molecule has 6 nitrogen and oxygen atoms in total. The average Bonchev–Trinajstić information content (AvgIpc) is 2.79. The predicted octanol–water partition coefficient (Wildman–Crippen LogP) is 1.66. The zero-order chi connectivity index (χ0) is 17.3. The molecule has 2 heterocycles. The lowest BCUT2D eigenvalue weighted by atomic mass is 9.85. The van der Waals surface area contributed by atoms with E-state index < -0.39 is 11.6 Å². The molecule has 128 valence electrons. The van der Waals surface area contributed by atoms with Crippen molar-refractivity contribution >= 4 is 17.7 Å². The smallest absolute Gasteiger partial charge is 0.311 e. The Kier molecular flexibility index (Phi) is 4.41. The van der Waals surface area contributed by atoms with Gasteiger partial charge in [0.2, 0.25) is 0 Å². The molecule has 2 atom stereocenters. The number of amides is 3. The van der Waals surface area contributed by atoms with Gasteiger partial charge in [-0.3, -0.25) is 14.5 Å². The highest BCUT2D eigenvalue weighted by molar-refractivity contribution is 6.11. The Morgan fingerprint density at radius 2 is 1.96 bits per heavy atom. The number of carbonyl (C=O) groups excluding carboxylic acids is 3. The van der Waals surface area contributed by atoms with Crippen molar-refractivity contribution in [1.29, 1.82) is 0 Å². The molecule has 2 aliphatic heterocycles. The van der Waals surface area contributed by atoms with E-state index in [2.05, 4.69) is 5.32 Å². The molecule has 3 rings (SSSR count). The number of likely N-dealkylation sites (N-methyl/N-ethyl adjacent to an activating group) is 1. The number of imide groups is 1. The van der Waals surface area contributed by atoms with E-state index in [0.29, 0.717) is 5.56 Å². The maximum absolute atomic E-state index is 13.0. The number of hydrogen-bond donors (Lipinski definition) is 1. The van der Waals surface area contributed by atoms with Gasteiger partial charge in [0.05, 0.1) is 6.54 Å². The van der Waals surface area contributed by atoms with Crippen molar-refractivity contribution in [2.24, 2.45) is 0 Å². The first-order valence-electron chi connectivity index (χ1n) is 8.37. The van der Waals surface area contributed by atoms with Crippen molar-refractivity contribution in [3.05, 3.63) is 35.9 Å². The number of benzene rings is 1. The van der Waals surface area contributed by atoms with E-state index in [1.54, 1.807) is 38.2 Å². The Balaban J connectivity index is 1.81. The van der Waals surface area contributed by atoms with Crippen LogP contribution in [0.1, 0.15) is 36.5 Å². The first-order valence-corrected chi connectivity index (χ1v) is 8.37. The average molecular weight is 329 g/mol. The van der Waals surface area contributed by atoms with Crippen molar-refractivity contribution < 1.29 is 14.4 Å². The van der Waals surface area contributed by atoms with Gasteiger partial charge in [-0.25, -0.2) is 4.79 Å². The topological polar surface area (TPSA) is 69.7 Å². The second-order valence-electron chi connectivity index (χ2n) is 6.67. The van der Waals surface area contributed by atoms with Crippen LogP contribution in [0.2, 0.25) is 0 Å². The number of carbonyl (C=O) groups is 3. The van der Waals surface area contributed by atoms with E-state index in [-0.39, 0.29) is 24.3 Å². The van der Waals surface area contributed by atoms with E-state index in [1.807, 2.05) is 6.07 Å². The van der Waals surface area contributed by atoms with Gasteiger partial charge in [-0.05, 0) is 26.3 Å². The third-order valence-corrected chi connectivity index (χ3v) is 5.28. The van der Waals surface area contributed by atoms with Crippen LogP contribution >= 0.6 is 0 Å². The summed E-state index contributed by atoms with van der Waals surface area (Å²) in [6.45, 7) is 2.43. The van der Waals surface area contributed by atoms with E-state index >= 15 is 0 Å². The number of rotatable bonds is 4. The van der Waals surface area contributed by atoms with Gasteiger partial charge in [0.1, 0.15) is 5.54 Å². The molecule has 2 unspecified atom stereocenters. The lowest BCUT2D eigenvalue weighted by molar-refractivity contribution is -0.133. The monoisotopic (exact) mass is 329 g/mol. The summed E-state index contributed by atoms with van der Waals surface area (Å²) >= 11 is 0. The number of Topliss-reactive ketones (excluding diaryl/α,β-unsaturated/α-hetero) is 1. The van der Waals surface area contributed by atoms with Gasteiger partial charge in [-0.2, -0.15) is 0 Å². The molecule has 24 heavy (non-hydrogen) atoms. The molecule has 2 aliphatic rings. The molecule has 0 bridgehead atoms. The van der Waals surface area contributed by atoms with Crippen LogP contribution in [0.15, 0.2) is 30.3 Å². The highest BCUT2D eigenvalue weighted by Crippen LogP contribution is 2.33. The van der Waals surface area contributed by atoms with E-state index in [9.17, 15) is 14.4 Å². The molecule has 0 radical (unpaired) electrons. The number of urea groups is 1. The van der Waals surface area contributed by atoms with Crippen molar-refractivity contribution in [1.82, 2.24) is 15.1 Å². The maximum atomic E-state index is 13.0. The van der Waals surface area contributed by atoms with Crippen LogP contribution in [0.25, 0.3) is 0 Å². The van der Waals surface area contributed by atoms with Crippen LogP contribution in [0.4, 0.5) is 4.79 Å². The molecule has 0 aromatic heterocycles. The molecular formula is C18H23N3O3. The fourth-order valence-corrected chi connectivity index (χ4v) is 3.60. The molecule has 6 heteroatoms.